The summed E-state index contributed by atoms with van der Waals surface area (Å²) in [5, 5.41) is 9.23. The average Bonchev–Trinajstić information content (AvgIpc) is 3.24. The van der Waals surface area contributed by atoms with Crippen molar-refractivity contribution in [2.24, 2.45) is 0 Å². The second-order valence-electron chi connectivity index (χ2n) is 7.15. The van der Waals surface area contributed by atoms with Crippen LogP contribution in [-0.2, 0) is 6.61 Å². The van der Waals surface area contributed by atoms with Crippen molar-refractivity contribution in [2.75, 3.05) is 0 Å². The number of carbonyl (C=O) groups is 1. The molecular weight excluding hydrogens is 407 g/mol. The number of allylic oxidation sites excluding steroid dienone is 2. The Morgan fingerprint density at radius 3 is 2.42 bits per heavy atom. The first-order chi connectivity index (χ1) is 14.9. The summed E-state index contributed by atoms with van der Waals surface area (Å²) in [4.78, 5) is 15.5. The number of hydrogen-bond donors (Lipinski definition) is 1. The first-order valence-electron chi connectivity index (χ1n) is 9.72. The van der Waals surface area contributed by atoms with Crippen LogP contribution in [0.2, 0.25) is 0 Å². The number of rotatable bonds is 6. The van der Waals surface area contributed by atoms with Gasteiger partial charge < -0.3 is 9.84 Å². The van der Waals surface area contributed by atoms with Gasteiger partial charge in [0.1, 0.15) is 35.5 Å². The zero-order valence-corrected chi connectivity index (χ0v) is 16.4. The molecule has 0 bridgehead atoms. The first kappa shape index (κ1) is 20.7. The molecule has 0 atom stereocenters. The molecule has 158 valence electrons. The number of aromatic nitrogens is 1. The normalized spacial score (nSPS) is 13.5. The van der Waals surface area contributed by atoms with E-state index < -0.39 is 23.4 Å². The summed E-state index contributed by atoms with van der Waals surface area (Å²) >= 11 is 0. The standard InChI is InChI=1S/C24H18F3NO3/c25-14-10-11-23(31-13-18-19(26)6-2-7-20(18)27)17(12-14)15-4-1-5-16(15)21-8-3-9-22(28-21)24(29)30/h2-3,6-12H,1,4-5,13H2,(H,29,30). The molecule has 2 aromatic carbocycles. The number of hydrogen-bond acceptors (Lipinski definition) is 3. The monoisotopic (exact) mass is 425 g/mol. The Kier molecular flexibility index (Phi) is 5.75. The Balaban J connectivity index is 1.73. The topological polar surface area (TPSA) is 59.4 Å². The fourth-order valence-electron chi connectivity index (χ4n) is 3.73. The molecule has 1 aliphatic rings. The predicted octanol–water partition coefficient (Wildman–Crippen LogP) is 5.87. The minimum absolute atomic E-state index is 0.0815. The predicted molar refractivity (Wildman–Crippen MR) is 109 cm³/mol. The summed E-state index contributed by atoms with van der Waals surface area (Å²) in [6, 6.07) is 12.2. The van der Waals surface area contributed by atoms with Crippen LogP contribution in [0.5, 0.6) is 5.75 Å². The highest BCUT2D eigenvalue weighted by atomic mass is 19.1. The molecule has 0 spiro atoms. The second-order valence-corrected chi connectivity index (χ2v) is 7.15. The van der Waals surface area contributed by atoms with Crippen LogP contribution in [0.1, 0.15) is 46.6 Å². The third-order valence-electron chi connectivity index (χ3n) is 5.20. The molecule has 31 heavy (non-hydrogen) atoms. The molecule has 4 rings (SSSR count). The third-order valence-corrected chi connectivity index (χ3v) is 5.20. The highest BCUT2D eigenvalue weighted by Gasteiger charge is 2.23. The van der Waals surface area contributed by atoms with E-state index in [2.05, 4.69) is 4.98 Å². The van der Waals surface area contributed by atoms with Gasteiger partial charge in [-0.2, -0.15) is 0 Å². The van der Waals surface area contributed by atoms with Gasteiger partial charge in [0.05, 0.1) is 11.3 Å². The number of aromatic carboxylic acids is 1. The van der Waals surface area contributed by atoms with Crippen molar-refractivity contribution >= 4 is 17.1 Å². The van der Waals surface area contributed by atoms with E-state index in [4.69, 9.17) is 4.74 Å². The molecule has 0 saturated heterocycles. The Labute approximate surface area is 176 Å². The summed E-state index contributed by atoms with van der Waals surface area (Å²) in [6.45, 7) is -0.355. The lowest BCUT2D eigenvalue weighted by molar-refractivity contribution is 0.0690. The number of pyridine rings is 1. The van der Waals surface area contributed by atoms with Gasteiger partial charge >= 0.3 is 5.97 Å². The summed E-state index contributed by atoms with van der Waals surface area (Å²) < 4.78 is 47.7. The first-order valence-corrected chi connectivity index (χ1v) is 9.72. The Morgan fingerprint density at radius 1 is 0.968 bits per heavy atom. The Morgan fingerprint density at radius 2 is 1.68 bits per heavy atom. The second kappa shape index (κ2) is 8.63. The van der Waals surface area contributed by atoms with Crippen molar-refractivity contribution in [1.29, 1.82) is 0 Å². The number of carboxylic acid groups (broad SMARTS) is 1. The smallest absolute Gasteiger partial charge is 0.354 e. The molecule has 1 aliphatic carbocycles. The summed E-state index contributed by atoms with van der Waals surface area (Å²) in [7, 11) is 0. The lowest BCUT2D eigenvalue weighted by Crippen LogP contribution is -2.04. The quantitative estimate of drug-likeness (QED) is 0.537. The molecule has 3 aromatic rings. The van der Waals surface area contributed by atoms with E-state index in [1.807, 2.05) is 0 Å². The molecule has 0 saturated carbocycles. The average molecular weight is 425 g/mol. The van der Waals surface area contributed by atoms with E-state index in [1.54, 1.807) is 12.1 Å². The lowest BCUT2D eigenvalue weighted by atomic mass is 9.98. The van der Waals surface area contributed by atoms with Gasteiger partial charge in [-0.05, 0) is 72.9 Å². The van der Waals surface area contributed by atoms with E-state index in [9.17, 15) is 23.1 Å². The van der Waals surface area contributed by atoms with E-state index in [0.29, 0.717) is 24.1 Å². The maximum absolute atomic E-state index is 14.1. The molecule has 0 unspecified atom stereocenters. The van der Waals surface area contributed by atoms with Crippen LogP contribution >= 0.6 is 0 Å². The zero-order chi connectivity index (χ0) is 22.0. The molecule has 1 heterocycles. The number of carboxylic acids is 1. The van der Waals surface area contributed by atoms with Gasteiger partial charge in [-0.3, -0.25) is 0 Å². The minimum atomic E-state index is -1.14. The van der Waals surface area contributed by atoms with Gasteiger partial charge in [0.2, 0.25) is 0 Å². The van der Waals surface area contributed by atoms with Crippen molar-refractivity contribution in [3.8, 4) is 5.75 Å². The lowest BCUT2D eigenvalue weighted by Gasteiger charge is -2.15. The molecule has 1 N–H and O–H groups in total. The van der Waals surface area contributed by atoms with Gasteiger partial charge in [-0.15, -0.1) is 0 Å². The van der Waals surface area contributed by atoms with Crippen LogP contribution < -0.4 is 4.74 Å². The maximum Gasteiger partial charge on any atom is 0.354 e. The van der Waals surface area contributed by atoms with Crippen molar-refractivity contribution in [3.63, 3.8) is 0 Å². The third kappa shape index (κ3) is 4.30. The highest BCUT2D eigenvalue weighted by Crippen LogP contribution is 2.42. The fourth-order valence-corrected chi connectivity index (χ4v) is 3.73. The van der Waals surface area contributed by atoms with Gasteiger partial charge in [-0.1, -0.05) is 12.1 Å². The van der Waals surface area contributed by atoms with Gasteiger partial charge in [0, 0.05) is 5.56 Å². The molecule has 4 nitrogen and oxygen atoms in total. The Bertz CT molecular complexity index is 1170. The molecule has 0 amide bonds. The van der Waals surface area contributed by atoms with Crippen LogP contribution in [0.3, 0.4) is 0 Å². The SMILES string of the molecule is O=C(O)c1cccc(C2=C(c3cc(F)ccc3OCc3c(F)cccc3F)CCC2)n1. The summed E-state index contributed by atoms with van der Waals surface area (Å²) in [5.74, 6) is -2.78. The van der Waals surface area contributed by atoms with Crippen LogP contribution in [-0.4, -0.2) is 16.1 Å². The Hall–Kier alpha value is -3.61. The van der Waals surface area contributed by atoms with Crippen molar-refractivity contribution in [1.82, 2.24) is 4.98 Å². The summed E-state index contributed by atoms with van der Waals surface area (Å²) in [5.41, 5.74) is 2.25. The van der Waals surface area contributed by atoms with E-state index >= 15 is 0 Å². The molecule has 0 radical (unpaired) electrons. The van der Waals surface area contributed by atoms with Gasteiger partial charge in [-0.25, -0.2) is 22.9 Å². The molecule has 0 fully saturated rings. The molecule has 0 aliphatic heterocycles. The fraction of sp³-hybridized carbons (Fsp3) is 0.167. The number of nitrogens with zero attached hydrogens (tertiary/aromatic N) is 1. The van der Waals surface area contributed by atoms with Crippen LogP contribution in [0.15, 0.2) is 54.6 Å². The molecule has 7 heteroatoms. The van der Waals surface area contributed by atoms with E-state index in [-0.39, 0.29) is 23.6 Å². The van der Waals surface area contributed by atoms with Crippen LogP contribution in [0, 0.1) is 17.5 Å². The van der Waals surface area contributed by atoms with Crippen LogP contribution in [0.25, 0.3) is 11.1 Å². The van der Waals surface area contributed by atoms with Gasteiger partial charge in [0.25, 0.3) is 0 Å². The largest absolute Gasteiger partial charge is 0.488 e. The van der Waals surface area contributed by atoms with Gasteiger partial charge in [0.15, 0.2) is 0 Å². The molecular formula is C24H18F3NO3. The highest BCUT2D eigenvalue weighted by molar-refractivity contribution is 5.94. The maximum atomic E-state index is 14.1. The van der Waals surface area contributed by atoms with Crippen molar-refractivity contribution in [2.45, 2.75) is 25.9 Å². The van der Waals surface area contributed by atoms with E-state index in [0.717, 1.165) is 29.7 Å². The van der Waals surface area contributed by atoms with Crippen molar-refractivity contribution < 1.29 is 27.8 Å². The zero-order valence-electron chi connectivity index (χ0n) is 16.4. The minimum Gasteiger partial charge on any atom is -0.488 e. The number of ether oxygens (including phenoxy) is 1. The van der Waals surface area contributed by atoms with E-state index in [1.165, 1.54) is 30.3 Å². The van der Waals surface area contributed by atoms with Crippen LogP contribution in [0.4, 0.5) is 13.2 Å². The molecule has 1 aromatic heterocycles. The number of benzene rings is 2. The number of halogens is 3. The summed E-state index contributed by atoms with van der Waals surface area (Å²) in [6.07, 6.45) is 2.03. The van der Waals surface area contributed by atoms with Crippen molar-refractivity contribution in [3.05, 3.63) is 94.6 Å².